The van der Waals surface area contributed by atoms with E-state index in [-0.39, 0.29) is 17.6 Å². The average Bonchev–Trinajstić information content (AvgIpc) is 3.04. The van der Waals surface area contributed by atoms with Gasteiger partial charge in [-0.05, 0) is 62.7 Å². The van der Waals surface area contributed by atoms with Gasteiger partial charge in [-0.15, -0.1) is 0 Å². The molecule has 2 atom stereocenters. The Bertz CT molecular complexity index is 889. The van der Waals surface area contributed by atoms with E-state index in [0.29, 0.717) is 17.2 Å². The van der Waals surface area contributed by atoms with Gasteiger partial charge in [0.1, 0.15) is 11.6 Å². The normalized spacial score (nSPS) is 21.1. The van der Waals surface area contributed by atoms with Crippen molar-refractivity contribution in [3.63, 3.8) is 0 Å². The number of nitrogens with one attached hydrogen (secondary N) is 3. The van der Waals surface area contributed by atoms with Crippen molar-refractivity contribution in [1.82, 2.24) is 5.32 Å². The second-order valence-electron chi connectivity index (χ2n) is 7.27. The van der Waals surface area contributed by atoms with Crippen molar-refractivity contribution in [1.29, 1.82) is 0 Å². The molecule has 146 valence electrons. The molecule has 2 heterocycles. The van der Waals surface area contributed by atoms with Crippen LogP contribution in [0.3, 0.4) is 0 Å². The quantitative estimate of drug-likeness (QED) is 0.685. The molecule has 5 nitrogen and oxygen atoms in total. The fourth-order valence-corrected chi connectivity index (χ4v) is 3.72. The summed E-state index contributed by atoms with van der Waals surface area (Å²) < 4.78 is 20.2. The lowest BCUT2D eigenvalue weighted by molar-refractivity contribution is -0.110. The molecule has 0 bridgehead atoms. The van der Waals surface area contributed by atoms with Crippen molar-refractivity contribution >= 4 is 22.9 Å². The van der Waals surface area contributed by atoms with E-state index in [2.05, 4.69) is 22.9 Å². The number of fused-ring (bicyclic) bond motifs is 1. The molecule has 0 radical (unpaired) electrons. The van der Waals surface area contributed by atoms with E-state index in [4.69, 9.17) is 4.74 Å². The summed E-state index contributed by atoms with van der Waals surface area (Å²) in [6.45, 7) is 4.19. The first kappa shape index (κ1) is 18.5. The lowest BCUT2D eigenvalue weighted by atomic mass is 9.95. The summed E-state index contributed by atoms with van der Waals surface area (Å²) in [4.78, 5) is 12.1. The second-order valence-corrected chi connectivity index (χ2v) is 7.27. The van der Waals surface area contributed by atoms with Crippen LogP contribution in [0, 0.1) is 11.7 Å². The van der Waals surface area contributed by atoms with Gasteiger partial charge < -0.3 is 20.7 Å². The minimum atomic E-state index is -0.418. The number of amides is 1. The predicted octanol–water partition coefficient (Wildman–Crippen LogP) is 4.00. The Labute approximate surface area is 164 Å². The number of rotatable bonds is 5. The van der Waals surface area contributed by atoms with Crippen LogP contribution in [-0.2, 0) is 4.79 Å². The highest BCUT2D eigenvalue weighted by molar-refractivity contribution is 6.31. The van der Waals surface area contributed by atoms with Crippen molar-refractivity contribution in [2.75, 3.05) is 23.7 Å². The Morgan fingerprint density at radius 3 is 2.82 bits per heavy atom. The lowest BCUT2D eigenvalue weighted by Gasteiger charge is -2.28. The molecule has 0 spiro atoms. The molecule has 0 aromatic heterocycles. The van der Waals surface area contributed by atoms with Gasteiger partial charge in [0, 0.05) is 29.9 Å². The van der Waals surface area contributed by atoms with Gasteiger partial charge in [0.05, 0.1) is 17.4 Å². The molecule has 2 aromatic rings. The zero-order chi connectivity index (χ0) is 19.5. The highest BCUT2D eigenvalue weighted by atomic mass is 19.1. The minimum absolute atomic E-state index is 0.149. The zero-order valence-electron chi connectivity index (χ0n) is 15.8. The highest BCUT2D eigenvalue weighted by Crippen LogP contribution is 2.33. The Morgan fingerprint density at radius 2 is 2.07 bits per heavy atom. The van der Waals surface area contributed by atoms with Crippen LogP contribution >= 0.6 is 0 Å². The number of ether oxygens (including phenoxy) is 1. The Balaban J connectivity index is 1.41. The monoisotopic (exact) mass is 381 g/mol. The number of piperidine rings is 1. The van der Waals surface area contributed by atoms with Gasteiger partial charge in [-0.2, -0.15) is 0 Å². The molecular weight excluding hydrogens is 357 g/mol. The molecule has 0 aliphatic carbocycles. The number of benzene rings is 2. The fourth-order valence-electron chi connectivity index (χ4n) is 3.72. The van der Waals surface area contributed by atoms with E-state index >= 15 is 0 Å². The summed E-state index contributed by atoms with van der Waals surface area (Å²) in [6.07, 6.45) is 4.06. The largest absolute Gasteiger partial charge is 0.490 e. The molecule has 28 heavy (non-hydrogen) atoms. The molecule has 1 amide bonds. The van der Waals surface area contributed by atoms with Gasteiger partial charge in [-0.1, -0.05) is 6.07 Å². The van der Waals surface area contributed by atoms with Crippen LogP contribution in [-0.4, -0.2) is 25.1 Å². The van der Waals surface area contributed by atoms with E-state index in [0.717, 1.165) is 24.5 Å². The standard InChI is InChI=1S/C22H24FN3O2/c1-14(15-4-3-11-24-12-15)28-17-9-7-16(8-10-17)25-13-18-21-19(23)5-2-6-20(21)26-22(18)27/h2,5-10,13-15,24-25H,3-4,11-12H2,1H3,(H,26,27). The van der Waals surface area contributed by atoms with Crippen LogP contribution in [0.25, 0.3) is 5.57 Å². The van der Waals surface area contributed by atoms with Crippen molar-refractivity contribution < 1.29 is 13.9 Å². The van der Waals surface area contributed by atoms with Crippen molar-refractivity contribution in [2.45, 2.75) is 25.9 Å². The maximum Gasteiger partial charge on any atom is 0.257 e. The predicted molar refractivity (Wildman–Crippen MR) is 109 cm³/mol. The lowest BCUT2D eigenvalue weighted by Crippen LogP contribution is -2.37. The van der Waals surface area contributed by atoms with Gasteiger partial charge in [0.25, 0.3) is 5.91 Å². The average molecular weight is 381 g/mol. The number of carbonyl (C=O) groups is 1. The number of anilines is 2. The zero-order valence-corrected chi connectivity index (χ0v) is 15.8. The minimum Gasteiger partial charge on any atom is -0.490 e. The fraction of sp³-hybridized carbons (Fsp3) is 0.318. The summed E-state index contributed by atoms with van der Waals surface area (Å²) in [6, 6.07) is 12.2. The topological polar surface area (TPSA) is 62.4 Å². The van der Waals surface area contributed by atoms with E-state index in [1.54, 1.807) is 12.1 Å². The Morgan fingerprint density at radius 1 is 1.25 bits per heavy atom. The first-order valence-electron chi connectivity index (χ1n) is 9.66. The maximum absolute atomic E-state index is 14.1. The first-order chi connectivity index (χ1) is 13.6. The van der Waals surface area contributed by atoms with Crippen molar-refractivity contribution in [2.24, 2.45) is 5.92 Å². The summed E-state index contributed by atoms with van der Waals surface area (Å²) in [5.74, 6) is 0.597. The van der Waals surface area contributed by atoms with Gasteiger partial charge in [-0.3, -0.25) is 4.79 Å². The summed E-state index contributed by atoms with van der Waals surface area (Å²) >= 11 is 0. The number of carbonyl (C=O) groups excluding carboxylic acids is 1. The van der Waals surface area contributed by atoms with Gasteiger partial charge >= 0.3 is 0 Å². The van der Waals surface area contributed by atoms with Gasteiger partial charge in [0.2, 0.25) is 0 Å². The number of halogens is 1. The smallest absolute Gasteiger partial charge is 0.257 e. The molecule has 1 fully saturated rings. The molecule has 2 aliphatic rings. The number of hydrogen-bond donors (Lipinski definition) is 3. The molecule has 4 rings (SSSR count). The van der Waals surface area contributed by atoms with E-state index in [1.165, 1.54) is 25.1 Å². The van der Waals surface area contributed by atoms with Crippen LogP contribution in [0.15, 0.2) is 48.7 Å². The molecule has 2 aromatic carbocycles. The molecule has 6 heteroatoms. The van der Waals surface area contributed by atoms with Crippen molar-refractivity contribution in [3.05, 3.63) is 60.0 Å². The molecule has 3 N–H and O–H groups in total. The van der Waals surface area contributed by atoms with Gasteiger partial charge in [0.15, 0.2) is 0 Å². The molecular formula is C22H24FN3O2. The molecule has 2 aliphatic heterocycles. The van der Waals surface area contributed by atoms with Crippen LogP contribution < -0.4 is 20.7 Å². The SMILES string of the molecule is CC(Oc1ccc(NC=C2C(=O)Nc3cccc(F)c32)cc1)C1CCCNC1. The third kappa shape index (κ3) is 3.87. The van der Waals surface area contributed by atoms with Crippen molar-refractivity contribution in [3.8, 4) is 5.75 Å². The maximum atomic E-state index is 14.1. The van der Waals surface area contributed by atoms with Crippen LogP contribution in [0.2, 0.25) is 0 Å². The van der Waals surface area contributed by atoms with Crippen LogP contribution in [0.4, 0.5) is 15.8 Å². The van der Waals surface area contributed by atoms with E-state index in [1.807, 2.05) is 24.3 Å². The van der Waals surface area contributed by atoms with E-state index < -0.39 is 5.82 Å². The molecule has 2 unspecified atom stereocenters. The third-order valence-corrected chi connectivity index (χ3v) is 5.33. The van der Waals surface area contributed by atoms with Crippen LogP contribution in [0.5, 0.6) is 5.75 Å². The number of hydrogen-bond acceptors (Lipinski definition) is 4. The Kier molecular flexibility index (Phi) is 5.30. The highest BCUT2D eigenvalue weighted by Gasteiger charge is 2.27. The second kappa shape index (κ2) is 8.02. The summed E-state index contributed by atoms with van der Waals surface area (Å²) in [5.41, 5.74) is 1.87. The van der Waals surface area contributed by atoms with E-state index in [9.17, 15) is 9.18 Å². The molecule has 0 saturated carbocycles. The Hall–Kier alpha value is -2.86. The third-order valence-electron chi connectivity index (χ3n) is 5.33. The van der Waals surface area contributed by atoms with Gasteiger partial charge in [-0.25, -0.2) is 4.39 Å². The summed E-state index contributed by atoms with van der Waals surface area (Å²) in [7, 11) is 0. The first-order valence-corrected chi connectivity index (χ1v) is 9.66. The molecule has 1 saturated heterocycles. The summed E-state index contributed by atoms with van der Waals surface area (Å²) in [5, 5.41) is 9.16. The van der Waals surface area contributed by atoms with Crippen LogP contribution in [0.1, 0.15) is 25.3 Å².